The van der Waals surface area contributed by atoms with Crippen molar-refractivity contribution < 1.29 is 9.53 Å². The van der Waals surface area contributed by atoms with Gasteiger partial charge in [0.1, 0.15) is 5.69 Å². The maximum Gasteiger partial charge on any atom is 0.267 e. The Hall–Kier alpha value is -4.23. The minimum Gasteiger partial charge on any atom is -0.482 e. The van der Waals surface area contributed by atoms with E-state index in [9.17, 15) is 9.59 Å². The van der Waals surface area contributed by atoms with E-state index in [0.717, 1.165) is 11.4 Å². The summed E-state index contributed by atoms with van der Waals surface area (Å²) in [7, 11) is 0. The van der Waals surface area contributed by atoms with Crippen LogP contribution < -0.4 is 10.3 Å². The van der Waals surface area contributed by atoms with Gasteiger partial charge in [0.15, 0.2) is 23.8 Å². The van der Waals surface area contributed by atoms with Gasteiger partial charge in [-0.25, -0.2) is 9.67 Å². The Morgan fingerprint density at radius 1 is 1.00 bits per heavy atom. The highest BCUT2D eigenvalue weighted by Gasteiger charge is 2.19. The third-order valence-electron chi connectivity index (χ3n) is 5.67. The van der Waals surface area contributed by atoms with Crippen LogP contribution in [0, 0.1) is 13.8 Å². The van der Waals surface area contributed by atoms with E-state index in [0.29, 0.717) is 38.9 Å². The molecule has 0 N–H and O–H groups in total. The maximum absolute atomic E-state index is 13.5. The Balaban J connectivity index is 1.50. The third kappa shape index (κ3) is 4.34. The van der Waals surface area contributed by atoms with Crippen molar-refractivity contribution in [3.05, 3.63) is 111 Å². The predicted molar refractivity (Wildman–Crippen MR) is 135 cm³/mol. The van der Waals surface area contributed by atoms with Gasteiger partial charge in [-0.3, -0.25) is 14.0 Å². The first-order valence-electron chi connectivity index (χ1n) is 11.0. The van der Waals surface area contributed by atoms with E-state index < -0.39 is 0 Å². The maximum atomic E-state index is 13.5. The minimum atomic E-state index is -0.264. The molecule has 2 aromatic carbocycles. The molecule has 0 aliphatic carbocycles. The van der Waals surface area contributed by atoms with Crippen molar-refractivity contribution in [1.29, 1.82) is 0 Å². The second-order valence-electron chi connectivity index (χ2n) is 8.08. The van der Waals surface area contributed by atoms with E-state index >= 15 is 0 Å². The molecule has 7 nitrogen and oxygen atoms in total. The molecule has 0 spiro atoms. The Morgan fingerprint density at radius 2 is 1.74 bits per heavy atom. The molecular formula is C27H21ClN4O3. The second kappa shape index (κ2) is 9.19. The van der Waals surface area contributed by atoms with Crippen molar-refractivity contribution in [2.24, 2.45) is 0 Å². The van der Waals surface area contributed by atoms with Crippen LogP contribution in [0.25, 0.3) is 22.6 Å². The lowest BCUT2D eigenvalue weighted by Crippen LogP contribution is -2.20. The largest absolute Gasteiger partial charge is 0.482 e. The van der Waals surface area contributed by atoms with Crippen LogP contribution in [-0.4, -0.2) is 31.6 Å². The Morgan fingerprint density at radius 3 is 2.49 bits per heavy atom. The molecular weight excluding hydrogens is 464 g/mol. The number of aromatic nitrogens is 4. The van der Waals surface area contributed by atoms with E-state index in [1.54, 1.807) is 54.2 Å². The lowest BCUT2D eigenvalue weighted by molar-refractivity contribution is 0.0922. The number of hydrogen-bond donors (Lipinski definition) is 0. The first kappa shape index (κ1) is 22.6. The quantitative estimate of drug-likeness (QED) is 0.314. The van der Waals surface area contributed by atoms with Gasteiger partial charge in [0.05, 0.1) is 16.9 Å². The van der Waals surface area contributed by atoms with Gasteiger partial charge in [-0.2, -0.15) is 5.10 Å². The molecule has 5 rings (SSSR count). The molecule has 0 aliphatic heterocycles. The van der Waals surface area contributed by atoms with Crippen molar-refractivity contribution >= 4 is 23.0 Å². The van der Waals surface area contributed by atoms with Crippen LogP contribution in [0.5, 0.6) is 5.75 Å². The molecule has 0 radical (unpaired) electrons. The highest BCUT2D eigenvalue weighted by atomic mass is 35.5. The summed E-state index contributed by atoms with van der Waals surface area (Å²) in [5, 5.41) is 5.23. The molecule has 0 fully saturated rings. The SMILES string of the molecule is Cc1nc2c(OCC(=O)c3ccc(Cl)cc3)cccn2c(=O)c1-c1cc(C)n(-c2ccccc2)n1. The van der Waals surface area contributed by atoms with Gasteiger partial charge >= 0.3 is 0 Å². The molecule has 8 heteroatoms. The molecule has 5 aromatic rings. The Kier molecular flexibility index (Phi) is 5.93. The molecule has 0 aliphatic rings. The number of ketones is 1. The minimum absolute atomic E-state index is 0.196. The normalized spacial score (nSPS) is 11.1. The standard InChI is InChI=1S/C27H21ClN4O3/c1-17-15-22(30-32(17)21-7-4-3-5-8-21)25-18(2)29-26-24(9-6-14-31(26)27(25)34)35-16-23(33)19-10-12-20(28)13-11-19/h3-15H,16H2,1-2H3. The summed E-state index contributed by atoms with van der Waals surface area (Å²) in [6, 6.07) is 21.6. The van der Waals surface area contributed by atoms with Gasteiger partial charge in [0.2, 0.25) is 0 Å². The number of fused-ring (bicyclic) bond motifs is 1. The van der Waals surface area contributed by atoms with Gasteiger partial charge in [0, 0.05) is 22.5 Å². The average Bonchev–Trinajstić information content (AvgIpc) is 3.24. The fourth-order valence-corrected chi connectivity index (χ4v) is 4.07. The predicted octanol–water partition coefficient (Wildman–Crippen LogP) is 5.08. The number of aryl methyl sites for hydroxylation is 2. The van der Waals surface area contributed by atoms with Gasteiger partial charge in [-0.15, -0.1) is 0 Å². The number of halogens is 1. The van der Waals surface area contributed by atoms with E-state index in [2.05, 4.69) is 10.1 Å². The zero-order valence-corrected chi connectivity index (χ0v) is 19.9. The van der Waals surface area contributed by atoms with E-state index in [-0.39, 0.29) is 17.9 Å². The molecule has 0 saturated carbocycles. The monoisotopic (exact) mass is 484 g/mol. The summed E-state index contributed by atoms with van der Waals surface area (Å²) in [6.45, 7) is 3.51. The molecule has 35 heavy (non-hydrogen) atoms. The Bertz CT molecular complexity index is 1610. The van der Waals surface area contributed by atoms with Crippen molar-refractivity contribution in [2.45, 2.75) is 13.8 Å². The van der Waals surface area contributed by atoms with Gasteiger partial charge in [-0.05, 0) is 68.4 Å². The van der Waals surface area contributed by atoms with Crippen LogP contribution in [0.1, 0.15) is 21.7 Å². The summed E-state index contributed by atoms with van der Waals surface area (Å²) >= 11 is 5.89. The van der Waals surface area contributed by atoms with E-state index in [4.69, 9.17) is 16.3 Å². The lowest BCUT2D eigenvalue weighted by atomic mass is 10.1. The van der Waals surface area contributed by atoms with Crippen LogP contribution in [-0.2, 0) is 0 Å². The van der Waals surface area contributed by atoms with Crippen LogP contribution in [0.15, 0.2) is 83.8 Å². The number of benzene rings is 2. The molecule has 0 amide bonds. The molecule has 3 heterocycles. The van der Waals surface area contributed by atoms with Crippen molar-refractivity contribution in [3.63, 3.8) is 0 Å². The van der Waals surface area contributed by atoms with E-state index in [1.807, 2.05) is 43.3 Å². The summed E-state index contributed by atoms with van der Waals surface area (Å²) in [4.78, 5) is 30.7. The topological polar surface area (TPSA) is 78.5 Å². The second-order valence-corrected chi connectivity index (χ2v) is 8.52. The van der Waals surface area contributed by atoms with Crippen molar-refractivity contribution in [1.82, 2.24) is 19.2 Å². The number of ether oxygens (including phenoxy) is 1. The summed E-state index contributed by atoms with van der Waals surface area (Å²) < 4.78 is 8.99. The molecule has 0 unspecified atom stereocenters. The molecule has 0 saturated heterocycles. The number of carbonyl (C=O) groups excluding carboxylic acids is 1. The average molecular weight is 485 g/mol. The first-order valence-corrected chi connectivity index (χ1v) is 11.4. The number of rotatable bonds is 6. The van der Waals surface area contributed by atoms with Gasteiger partial charge in [-0.1, -0.05) is 29.8 Å². The number of hydrogen-bond acceptors (Lipinski definition) is 5. The van der Waals surface area contributed by atoms with Gasteiger partial charge in [0.25, 0.3) is 5.56 Å². The number of Topliss-reactive ketones (excluding diaryl/α,β-unsaturated/α-hetero) is 1. The smallest absolute Gasteiger partial charge is 0.267 e. The highest BCUT2D eigenvalue weighted by Crippen LogP contribution is 2.24. The summed E-state index contributed by atoms with van der Waals surface area (Å²) in [6.07, 6.45) is 1.63. The lowest BCUT2D eigenvalue weighted by Gasteiger charge is -2.11. The molecule has 0 atom stereocenters. The first-order chi connectivity index (χ1) is 16.9. The summed E-state index contributed by atoms with van der Waals surface area (Å²) in [5.41, 5.74) is 3.84. The van der Waals surface area contributed by atoms with Crippen LogP contribution in [0.2, 0.25) is 5.02 Å². The van der Waals surface area contributed by atoms with Crippen LogP contribution in [0.3, 0.4) is 0 Å². The third-order valence-corrected chi connectivity index (χ3v) is 5.92. The zero-order chi connectivity index (χ0) is 24.5. The number of nitrogens with zero attached hydrogens (tertiary/aromatic N) is 4. The molecule has 0 bridgehead atoms. The highest BCUT2D eigenvalue weighted by molar-refractivity contribution is 6.30. The Labute approximate surface area is 206 Å². The van der Waals surface area contributed by atoms with Crippen LogP contribution >= 0.6 is 11.6 Å². The fraction of sp³-hybridized carbons (Fsp3) is 0.111. The van der Waals surface area contributed by atoms with Gasteiger partial charge < -0.3 is 4.74 Å². The van der Waals surface area contributed by atoms with E-state index in [1.165, 1.54) is 4.40 Å². The van der Waals surface area contributed by atoms with Crippen molar-refractivity contribution in [3.8, 4) is 22.7 Å². The van der Waals surface area contributed by atoms with Crippen molar-refractivity contribution in [2.75, 3.05) is 6.61 Å². The van der Waals surface area contributed by atoms with Crippen LogP contribution in [0.4, 0.5) is 0 Å². The number of pyridine rings is 1. The zero-order valence-electron chi connectivity index (χ0n) is 19.1. The molecule has 174 valence electrons. The summed E-state index contributed by atoms with van der Waals surface area (Å²) in [5.74, 6) is 0.133. The fourth-order valence-electron chi connectivity index (χ4n) is 3.94. The number of para-hydroxylation sites is 1. The molecule has 3 aromatic heterocycles. The number of carbonyl (C=O) groups is 1.